The molecule has 0 spiro atoms. The van der Waals surface area contributed by atoms with E-state index in [1.807, 2.05) is 6.92 Å². The van der Waals surface area contributed by atoms with Crippen molar-refractivity contribution in [3.8, 4) is 0 Å². The molecule has 0 heterocycles. The van der Waals surface area contributed by atoms with Crippen LogP contribution in [0.2, 0.25) is 0 Å². The zero-order chi connectivity index (χ0) is 21.4. The van der Waals surface area contributed by atoms with Crippen molar-refractivity contribution in [3.63, 3.8) is 0 Å². The molecule has 0 aromatic rings. The van der Waals surface area contributed by atoms with E-state index < -0.39 is 50.6 Å². The first kappa shape index (κ1) is 3.50. The number of rotatable bonds is 10. The molecule has 0 atom stereocenters. The first-order chi connectivity index (χ1) is 11.3. The summed E-state index contributed by atoms with van der Waals surface area (Å²) in [5.74, 6) is -2.38. The second-order valence-corrected chi connectivity index (χ2v) is 2.56. The summed E-state index contributed by atoms with van der Waals surface area (Å²) in [6, 6.07) is 0. The van der Waals surface area contributed by atoms with Crippen LogP contribution in [0.5, 0.6) is 0 Å². The van der Waals surface area contributed by atoms with E-state index in [1.165, 1.54) is 0 Å². The number of aliphatic carboxylic acids is 1. The van der Waals surface area contributed by atoms with Gasteiger partial charge in [-0.05, 0) is 6.37 Å². The summed E-state index contributed by atoms with van der Waals surface area (Å²) in [5, 5.41) is 8.84. The van der Waals surface area contributed by atoms with Crippen LogP contribution in [0.3, 0.4) is 0 Å². The van der Waals surface area contributed by atoms with Crippen LogP contribution in [0.1, 0.15) is 87.3 Å². The zero-order valence-electron chi connectivity index (χ0n) is 20.2. The van der Waals surface area contributed by atoms with E-state index in [-0.39, 0.29) is 6.42 Å². The standard InChI is InChI=1S/C12H24O2/c1-2-3-4-5-6-7-8-9-10-11-12(13)14/h2-11H2,1H3,(H,13,14)/i6T2,7T2,8T2,9T2,10T2,11T2. The predicted molar refractivity (Wildman–Crippen MR) is 59.5 cm³/mol. The average molecular weight is 224 g/mol. The Balaban J connectivity index is 6.14. The van der Waals surface area contributed by atoms with Crippen LogP contribution in [-0.4, -0.2) is 11.1 Å². The van der Waals surface area contributed by atoms with E-state index in [0.717, 1.165) is 0 Å². The quantitative estimate of drug-likeness (QED) is 0.570. The molecule has 0 fully saturated rings. The lowest BCUT2D eigenvalue weighted by Gasteiger charge is -2.00. The highest BCUT2D eigenvalue weighted by Crippen LogP contribution is 2.10. The van der Waals surface area contributed by atoms with E-state index >= 15 is 0 Å². The van der Waals surface area contributed by atoms with Gasteiger partial charge in [-0.2, -0.15) is 0 Å². The SMILES string of the molecule is [3H]C([3H])(CCCCC)C([3H])([3H])C([3H])([3H])C([3H])([3H])C([3H])([3H])C([3H])([3H])C(=O)O. The highest BCUT2D eigenvalue weighted by Gasteiger charge is 1.96. The molecule has 1 N–H and O–H groups in total. The number of carboxylic acid groups (broad SMARTS) is 1. The summed E-state index contributed by atoms with van der Waals surface area (Å²) in [5.41, 5.74) is 0. The minimum atomic E-state index is -4.01. The largest absolute Gasteiger partial charge is 0.481 e. The second-order valence-electron chi connectivity index (χ2n) is 2.56. The minimum Gasteiger partial charge on any atom is -0.481 e. The van der Waals surface area contributed by atoms with Crippen LogP contribution in [0, 0.1) is 0 Å². The van der Waals surface area contributed by atoms with Gasteiger partial charge in [0.25, 0.3) is 0 Å². The summed E-state index contributed by atoms with van der Waals surface area (Å²) in [4.78, 5) is 11.0. The Kier molecular flexibility index (Phi) is 2.64. The Hall–Kier alpha value is -0.530. The molecule has 2 heteroatoms. The summed E-state index contributed by atoms with van der Waals surface area (Å²) in [6.07, 6.45) is -21.3. The Morgan fingerprint density at radius 2 is 1.71 bits per heavy atom. The van der Waals surface area contributed by atoms with Gasteiger partial charge in [0.1, 0.15) is 0 Å². The molecule has 0 aromatic heterocycles. The highest BCUT2D eigenvalue weighted by atomic mass is 16.4. The van der Waals surface area contributed by atoms with Gasteiger partial charge in [0.15, 0.2) is 0 Å². The Labute approximate surface area is 105 Å². The molecule has 0 saturated heterocycles. The second kappa shape index (κ2) is 10.6. The summed E-state index contributed by atoms with van der Waals surface area (Å²) in [7, 11) is 0. The summed E-state index contributed by atoms with van der Waals surface area (Å²) in [6.45, 7) is 1.81. The third-order valence-corrected chi connectivity index (χ3v) is 1.35. The van der Waals surface area contributed by atoms with Crippen LogP contribution in [0.25, 0.3) is 0 Å². The van der Waals surface area contributed by atoms with Gasteiger partial charge in [0.05, 0.1) is 0 Å². The molecule has 0 radical (unpaired) electrons. The van der Waals surface area contributed by atoms with E-state index in [1.54, 1.807) is 0 Å². The van der Waals surface area contributed by atoms with Gasteiger partial charge in [-0.25, -0.2) is 0 Å². The van der Waals surface area contributed by atoms with E-state index in [9.17, 15) is 4.79 Å². The fraction of sp³-hybridized carbons (Fsp3) is 0.917. The number of hydrogen-bond acceptors (Lipinski definition) is 1. The molecular weight excluding hydrogens is 176 g/mol. The van der Waals surface area contributed by atoms with Crippen LogP contribution >= 0.6 is 0 Å². The maximum Gasteiger partial charge on any atom is 0.303 e. The van der Waals surface area contributed by atoms with Crippen molar-refractivity contribution < 1.29 is 26.4 Å². The van der Waals surface area contributed by atoms with Crippen molar-refractivity contribution in [1.82, 2.24) is 0 Å². The first-order valence-corrected chi connectivity index (χ1v) is 4.49. The van der Waals surface area contributed by atoms with Crippen molar-refractivity contribution in [2.24, 2.45) is 0 Å². The lowest BCUT2D eigenvalue weighted by Crippen LogP contribution is -1.93. The summed E-state index contributed by atoms with van der Waals surface area (Å²) >= 11 is 0. The Bertz CT molecular complexity index is 514. The maximum absolute atomic E-state index is 11.0. The van der Waals surface area contributed by atoms with Crippen molar-refractivity contribution >= 4 is 5.97 Å². The van der Waals surface area contributed by atoms with Gasteiger partial charge >= 0.3 is 5.97 Å². The molecule has 0 aliphatic rings. The third kappa shape index (κ3) is 11.5. The number of carbonyl (C=O) groups is 1. The molecule has 84 valence electrons. The molecule has 2 nitrogen and oxygen atoms in total. The minimum absolute atomic E-state index is 0.185. The Morgan fingerprint density at radius 1 is 1.07 bits per heavy atom. The molecular formula is C12H24O2. The van der Waals surface area contributed by atoms with Crippen LogP contribution in [-0.2, 0) is 4.79 Å². The fourth-order valence-corrected chi connectivity index (χ4v) is 0.717. The van der Waals surface area contributed by atoms with Crippen molar-refractivity contribution in [2.75, 3.05) is 0 Å². The smallest absolute Gasteiger partial charge is 0.303 e. The first-order valence-electron chi connectivity index (χ1n) is 10.5. The van der Waals surface area contributed by atoms with E-state index in [0.29, 0.717) is 12.8 Å². The molecule has 0 aromatic carbocycles. The highest BCUT2D eigenvalue weighted by molar-refractivity contribution is 5.66. The average Bonchev–Trinajstić information content (AvgIpc) is 2.46. The van der Waals surface area contributed by atoms with Gasteiger partial charge in [-0.1, -0.05) is 58.1 Å². The lowest BCUT2D eigenvalue weighted by molar-refractivity contribution is -0.137. The molecule has 0 aliphatic carbocycles. The zero-order valence-corrected chi connectivity index (χ0v) is 8.18. The van der Waals surface area contributed by atoms with Crippen molar-refractivity contribution in [3.05, 3.63) is 0 Å². The number of hydrogen-bond donors (Lipinski definition) is 1. The molecule has 14 heavy (non-hydrogen) atoms. The van der Waals surface area contributed by atoms with Crippen molar-refractivity contribution in [2.45, 2.75) is 70.8 Å². The topological polar surface area (TPSA) is 37.3 Å². The molecule has 0 saturated carbocycles. The molecule has 0 aliphatic heterocycles. The van der Waals surface area contributed by atoms with Gasteiger partial charge < -0.3 is 5.11 Å². The van der Waals surface area contributed by atoms with Crippen molar-refractivity contribution in [1.29, 1.82) is 0 Å². The van der Waals surface area contributed by atoms with Crippen LogP contribution in [0.15, 0.2) is 0 Å². The van der Waals surface area contributed by atoms with Gasteiger partial charge in [-0.15, -0.1) is 0 Å². The third-order valence-electron chi connectivity index (χ3n) is 1.35. The monoisotopic (exact) mass is 224 g/mol. The maximum atomic E-state index is 11.0. The molecule has 0 rings (SSSR count). The van der Waals surface area contributed by atoms with Gasteiger partial charge in [-0.3, -0.25) is 4.79 Å². The van der Waals surface area contributed by atoms with Crippen LogP contribution in [0.4, 0.5) is 0 Å². The number of carboxylic acids is 1. The van der Waals surface area contributed by atoms with Gasteiger partial charge in [0.2, 0.25) is 0 Å². The number of unbranched alkanes of at least 4 members (excludes halogenated alkanes) is 2. The van der Waals surface area contributed by atoms with E-state index in [2.05, 4.69) is 0 Å². The molecule has 0 unspecified atom stereocenters. The van der Waals surface area contributed by atoms with Gasteiger partial charge in [0, 0.05) is 22.8 Å². The molecule has 0 bridgehead atoms. The summed E-state index contributed by atoms with van der Waals surface area (Å²) < 4.78 is 92.2. The fourth-order valence-electron chi connectivity index (χ4n) is 0.717. The van der Waals surface area contributed by atoms with E-state index in [4.69, 9.17) is 21.6 Å². The lowest BCUT2D eigenvalue weighted by atomic mass is 10.1. The predicted octanol–water partition coefficient (Wildman–Crippen LogP) is 3.99. The molecule has 0 amide bonds. The normalized spacial score (nSPS) is 29.2. The van der Waals surface area contributed by atoms with Crippen LogP contribution < -0.4 is 0 Å². The Morgan fingerprint density at radius 3 is 2.36 bits per heavy atom.